The first-order valence-electron chi connectivity index (χ1n) is 10.6. The summed E-state index contributed by atoms with van der Waals surface area (Å²) in [4.78, 5) is 14.9. The number of carbonyl (C=O) groups is 1. The average molecular weight is 436 g/mol. The van der Waals surface area contributed by atoms with E-state index in [4.69, 9.17) is 4.74 Å². The Bertz CT molecular complexity index is 937. The molecule has 1 N–H and O–H groups in total. The molecule has 1 aromatic carbocycles. The molecule has 6 nitrogen and oxygen atoms in total. The van der Waals surface area contributed by atoms with E-state index in [2.05, 4.69) is 10.4 Å². The zero-order valence-electron chi connectivity index (χ0n) is 17.7. The molecule has 168 valence electrons. The van der Waals surface area contributed by atoms with Gasteiger partial charge in [0.05, 0.1) is 19.3 Å². The molecule has 0 bridgehead atoms. The van der Waals surface area contributed by atoms with Crippen LogP contribution in [0.4, 0.5) is 19.0 Å². The van der Waals surface area contributed by atoms with E-state index >= 15 is 0 Å². The summed E-state index contributed by atoms with van der Waals surface area (Å²) in [6, 6.07) is 4.62. The molecule has 9 heteroatoms. The number of nitrogens with one attached hydrogen (secondary N) is 1. The van der Waals surface area contributed by atoms with E-state index in [1.807, 2.05) is 0 Å². The fourth-order valence-electron chi connectivity index (χ4n) is 4.62. The van der Waals surface area contributed by atoms with E-state index in [1.54, 1.807) is 36.2 Å². The van der Waals surface area contributed by atoms with Crippen molar-refractivity contribution in [3.63, 3.8) is 0 Å². The quantitative estimate of drug-likeness (QED) is 0.736. The highest BCUT2D eigenvalue weighted by atomic mass is 19.4. The van der Waals surface area contributed by atoms with Crippen LogP contribution in [0.3, 0.4) is 0 Å². The van der Waals surface area contributed by atoms with Crippen molar-refractivity contribution in [2.24, 2.45) is 0 Å². The molecule has 2 heterocycles. The van der Waals surface area contributed by atoms with Crippen molar-refractivity contribution in [1.82, 2.24) is 14.7 Å². The lowest BCUT2D eigenvalue weighted by Crippen LogP contribution is -2.39. The second kappa shape index (κ2) is 8.43. The Morgan fingerprint density at radius 1 is 1.26 bits per heavy atom. The van der Waals surface area contributed by atoms with Crippen molar-refractivity contribution < 1.29 is 22.7 Å². The van der Waals surface area contributed by atoms with E-state index in [-0.39, 0.29) is 29.8 Å². The first kappa shape index (κ1) is 21.5. The number of hydrogen-bond donors (Lipinski definition) is 1. The van der Waals surface area contributed by atoms with Crippen LogP contribution in [0.25, 0.3) is 0 Å². The van der Waals surface area contributed by atoms with Crippen LogP contribution in [0.1, 0.15) is 66.5 Å². The van der Waals surface area contributed by atoms with Crippen LogP contribution in [0.5, 0.6) is 5.75 Å². The monoisotopic (exact) mass is 436 g/mol. The van der Waals surface area contributed by atoms with Gasteiger partial charge in [0.2, 0.25) is 0 Å². The maximum Gasteiger partial charge on any atom is 0.410 e. The third kappa shape index (κ3) is 4.22. The Labute approximate surface area is 179 Å². The smallest absolute Gasteiger partial charge is 0.410 e. The zero-order chi connectivity index (χ0) is 22.2. The molecule has 1 saturated carbocycles. The van der Waals surface area contributed by atoms with Crippen molar-refractivity contribution in [2.75, 3.05) is 19.5 Å². The lowest BCUT2D eigenvalue weighted by Gasteiger charge is -2.35. The van der Waals surface area contributed by atoms with E-state index in [0.717, 1.165) is 36.8 Å². The number of hydrogen-bond acceptors (Lipinski definition) is 4. The average Bonchev–Trinajstić information content (AvgIpc) is 3.21. The Balaban J connectivity index is 1.68. The van der Waals surface area contributed by atoms with Crippen LogP contribution in [0.15, 0.2) is 30.5 Å². The predicted molar refractivity (Wildman–Crippen MR) is 110 cm³/mol. The second-order valence-corrected chi connectivity index (χ2v) is 8.33. The third-order valence-electron chi connectivity index (χ3n) is 6.41. The number of nitrogens with zero attached hydrogens (tertiary/aromatic N) is 3. The number of amides is 1. The van der Waals surface area contributed by atoms with Crippen molar-refractivity contribution in [2.45, 2.75) is 62.8 Å². The lowest BCUT2D eigenvalue weighted by molar-refractivity contribution is -0.173. The minimum absolute atomic E-state index is 0.105. The standard InChI is InChI=1S/C22H27F3N4O2/c1-28(15-8-4-3-5-9-15)21(30)17-13-26-29-19(22(23,24)25)12-18(27-20(17)29)14-7-6-10-16(11-14)31-2/h6-7,10-11,13,15,18-19,27H,3-5,8-9,12H2,1-2H3/t18-,19+/m0/s1. The van der Waals surface area contributed by atoms with Crippen LogP contribution in [0, 0.1) is 0 Å². The highest BCUT2D eigenvalue weighted by Crippen LogP contribution is 2.45. The highest BCUT2D eigenvalue weighted by molar-refractivity contribution is 5.99. The Morgan fingerprint density at radius 2 is 2.00 bits per heavy atom. The van der Waals surface area contributed by atoms with E-state index in [1.165, 1.54) is 13.3 Å². The molecule has 1 fully saturated rings. The van der Waals surface area contributed by atoms with Gasteiger partial charge >= 0.3 is 6.18 Å². The van der Waals surface area contributed by atoms with Gasteiger partial charge < -0.3 is 15.0 Å². The molecule has 2 atom stereocenters. The van der Waals surface area contributed by atoms with Crippen LogP contribution in [-0.4, -0.2) is 47.0 Å². The minimum atomic E-state index is -4.49. The number of fused-ring (bicyclic) bond motifs is 1. The van der Waals surface area contributed by atoms with Gasteiger partial charge in [-0.1, -0.05) is 31.4 Å². The predicted octanol–water partition coefficient (Wildman–Crippen LogP) is 4.96. The summed E-state index contributed by atoms with van der Waals surface area (Å²) < 4.78 is 47.9. The first-order valence-corrected chi connectivity index (χ1v) is 10.6. The van der Waals surface area contributed by atoms with Gasteiger partial charge in [-0.05, 0) is 30.5 Å². The van der Waals surface area contributed by atoms with Crippen molar-refractivity contribution in [1.29, 1.82) is 0 Å². The maximum absolute atomic E-state index is 13.9. The number of rotatable bonds is 4. The van der Waals surface area contributed by atoms with Crippen LogP contribution in [-0.2, 0) is 0 Å². The van der Waals surface area contributed by atoms with Gasteiger partial charge in [0.1, 0.15) is 17.1 Å². The number of methoxy groups -OCH3 is 1. The molecule has 0 spiro atoms. The highest BCUT2D eigenvalue weighted by Gasteiger charge is 2.47. The van der Waals surface area contributed by atoms with Gasteiger partial charge in [0.25, 0.3) is 5.91 Å². The summed E-state index contributed by atoms with van der Waals surface area (Å²) >= 11 is 0. The molecular formula is C22H27F3N4O2. The maximum atomic E-state index is 13.9. The molecule has 0 radical (unpaired) electrons. The number of carbonyl (C=O) groups excluding carboxylic acids is 1. The SMILES string of the molecule is COc1cccc([C@@H]2C[C@H](C(F)(F)F)n3ncc(C(=O)N(C)C4CCCCC4)c3N2)c1. The topological polar surface area (TPSA) is 59.4 Å². The number of benzene rings is 1. The molecule has 4 rings (SSSR count). The third-order valence-corrected chi connectivity index (χ3v) is 6.41. The number of aromatic nitrogens is 2. The molecule has 0 saturated heterocycles. The summed E-state index contributed by atoms with van der Waals surface area (Å²) in [6.07, 6.45) is 1.64. The van der Waals surface area contributed by atoms with Crippen LogP contribution < -0.4 is 10.1 Å². The van der Waals surface area contributed by atoms with Gasteiger partial charge in [-0.15, -0.1) is 0 Å². The van der Waals surface area contributed by atoms with Crippen molar-refractivity contribution in [3.05, 3.63) is 41.6 Å². The first-order chi connectivity index (χ1) is 14.8. The molecule has 2 aliphatic rings. The van der Waals surface area contributed by atoms with Gasteiger partial charge in [-0.3, -0.25) is 4.79 Å². The molecule has 0 unspecified atom stereocenters. The van der Waals surface area contributed by atoms with E-state index < -0.39 is 18.3 Å². The molecule has 1 aliphatic heterocycles. The largest absolute Gasteiger partial charge is 0.497 e. The zero-order valence-corrected chi connectivity index (χ0v) is 17.7. The molecule has 31 heavy (non-hydrogen) atoms. The molecule has 1 aliphatic carbocycles. The Morgan fingerprint density at radius 3 is 2.68 bits per heavy atom. The second-order valence-electron chi connectivity index (χ2n) is 8.33. The molecular weight excluding hydrogens is 409 g/mol. The Hall–Kier alpha value is -2.71. The number of ether oxygens (including phenoxy) is 1. The molecule has 1 aromatic heterocycles. The Kier molecular flexibility index (Phi) is 5.85. The van der Waals surface area contributed by atoms with Gasteiger partial charge in [-0.25, -0.2) is 4.68 Å². The fourth-order valence-corrected chi connectivity index (χ4v) is 4.62. The normalized spacial score (nSPS) is 21.8. The summed E-state index contributed by atoms with van der Waals surface area (Å²) in [5, 5.41) is 7.13. The summed E-state index contributed by atoms with van der Waals surface area (Å²) in [7, 11) is 3.24. The van der Waals surface area contributed by atoms with Crippen molar-refractivity contribution in [3.8, 4) is 5.75 Å². The molecule has 1 amide bonds. The summed E-state index contributed by atoms with van der Waals surface area (Å²) in [5.41, 5.74) is 0.843. The number of alkyl halides is 3. The minimum Gasteiger partial charge on any atom is -0.497 e. The van der Waals surface area contributed by atoms with Gasteiger partial charge in [0.15, 0.2) is 6.04 Å². The van der Waals surface area contributed by atoms with Crippen LogP contribution >= 0.6 is 0 Å². The van der Waals surface area contributed by atoms with E-state index in [0.29, 0.717) is 11.3 Å². The van der Waals surface area contributed by atoms with Gasteiger partial charge in [-0.2, -0.15) is 18.3 Å². The summed E-state index contributed by atoms with van der Waals surface area (Å²) in [5.74, 6) is 0.386. The number of halogens is 3. The number of anilines is 1. The lowest BCUT2D eigenvalue weighted by atomic mass is 9.94. The van der Waals surface area contributed by atoms with Gasteiger partial charge in [0, 0.05) is 19.5 Å². The van der Waals surface area contributed by atoms with E-state index in [9.17, 15) is 18.0 Å². The molecule has 2 aromatic rings. The van der Waals surface area contributed by atoms with Crippen LogP contribution in [0.2, 0.25) is 0 Å². The van der Waals surface area contributed by atoms with Crippen molar-refractivity contribution >= 4 is 11.7 Å². The fraction of sp³-hybridized carbons (Fsp3) is 0.545. The summed E-state index contributed by atoms with van der Waals surface area (Å²) in [6.45, 7) is 0.